The van der Waals surface area contributed by atoms with Gasteiger partial charge in [0.25, 0.3) is 10.2 Å². The van der Waals surface area contributed by atoms with E-state index >= 15 is 0 Å². The Labute approximate surface area is 164 Å². The van der Waals surface area contributed by atoms with Crippen LogP contribution in [0.4, 0.5) is 10.2 Å². The second-order valence-corrected chi connectivity index (χ2v) is 6.83. The lowest BCUT2D eigenvalue weighted by Crippen LogP contribution is -2.34. The van der Waals surface area contributed by atoms with Crippen molar-refractivity contribution < 1.29 is 27.4 Å². The Kier molecular flexibility index (Phi) is 4.04. The lowest BCUT2D eigenvalue weighted by atomic mass is 10.3. The van der Waals surface area contributed by atoms with E-state index in [0.29, 0.717) is 4.57 Å². The lowest BCUT2D eigenvalue weighted by Gasteiger charge is -2.06. The molecule has 1 aromatic carbocycles. The van der Waals surface area contributed by atoms with E-state index in [0.717, 1.165) is 6.07 Å². The molecule has 27 heavy (non-hydrogen) atoms. The van der Waals surface area contributed by atoms with Gasteiger partial charge >= 0.3 is 5.76 Å². The van der Waals surface area contributed by atoms with Crippen molar-refractivity contribution in [3.05, 3.63) is 39.0 Å². The average molecular weight is 468 g/mol. The zero-order chi connectivity index (χ0) is 23.1. The molecule has 3 rings (SSSR count). The first-order valence-corrected chi connectivity index (χ1v) is 9.07. The van der Waals surface area contributed by atoms with Gasteiger partial charge in [0, 0.05) is 13.0 Å². The van der Waals surface area contributed by atoms with E-state index in [9.17, 15) is 17.6 Å². The fraction of sp³-hybridized carbons (Fsp3) is 0.167. The first-order chi connectivity index (χ1) is 14.3. The van der Waals surface area contributed by atoms with Crippen molar-refractivity contribution in [3.63, 3.8) is 0 Å². The molecule has 3 aromatic rings. The number of benzene rings is 1. The Balaban J connectivity index is 2.07. The normalized spacial score (nSPS) is 14.3. The van der Waals surface area contributed by atoms with Gasteiger partial charge in [-0.25, -0.2) is 28.2 Å². The highest BCUT2D eigenvalue weighted by Crippen LogP contribution is 2.25. The summed E-state index contributed by atoms with van der Waals surface area (Å²) in [5, 5.41) is 17.4. The van der Waals surface area contributed by atoms with Crippen molar-refractivity contribution in [2.24, 2.45) is 5.14 Å². The molecule has 0 saturated heterocycles. The van der Waals surface area contributed by atoms with E-state index in [1.165, 1.54) is 0 Å². The Hall–Kier alpha value is -2.62. The number of nitrogens with zero attached hydrogens (tertiary/aromatic N) is 4. The van der Waals surface area contributed by atoms with Gasteiger partial charge in [-0.3, -0.25) is 4.52 Å². The van der Waals surface area contributed by atoms with E-state index in [1.807, 2.05) is 0 Å². The molecule has 12 nitrogen and oxygen atoms in total. The van der Waals surface area contributed by atoms with Crippen LogP contribution in [0, 0.1) is 5.82 Å². The van der Waals surface area contributed by atoms with Crippen LogP contribution in [0.15, 0.2) is 36.6 Å². The maximum Gasteiger partial charge on any atom is 0.446 e. The summed E-state index contributed by atoms with van der Waals surface area (Å²) < 4.78 is 78.5. The summed E-state index contributed by atoms with van der Waals surface area (Å²) in [6.45, 7) is -3.28. The third-order valence-corrected chi connectivity index (χ3v) is 3.99. The highest BCUT2D eigenvalue weighted by Gasteiger charge is 2.23. The molecule has 0 aliphatic carbocycles. The molecular weight excluding hydrogens is 453 g/mol. The third-order valence-electron chi connectivity index (χ3n) is 2.87. The van der Waals surface area contributed by atoms with Crippen molar-refractivity contribution in [3.8, 4) is 17.2 Å². The van der Waals surface area contributed by atoms with Crippen LogP contribution in [0.1, 0.15) is 5.48 Å². The predicted octanol–water partition coefficient (Wildman–Crippen LogP) is -0.0179. The van der Waals surface area contributed by atoms with Crippen molar-refractivity contribution >= 4 is 32.0 Å². The molecule has 2 aromatic heterocycles. The van der Waals surface area contributed by atoms with Crippen LogP contribution in [0.25, 0.3) is 17.2 Å². The summed E-state index contributed by atoms with van der Waals surface area (Å²) >= 11 is 2.85. The molecule has 0 bridgehead atoms. The molecule has 0 saturated carbocycles. The standard InChI is InChI=1S/C12H11BrFN7O5S/c13-7-5-6(1-2-8(7)14)21-11(20-25-12(21)22)9-10(19-26-18-9)16-3-4-17-27(15,23)24/h1-2,5,17H,3-4H2,(H,16,19)(H2,15,23,24)/i1D,3D2,5D. The summed E-state index contributed by atoms with van der Waals surface area (Å²) in [5.41, 5.74) is -0.799. The molecule has 2 heterocycles. The molecule has 0 aliphatic rings. The fourth-order valence-electron chi connectivity index (χ4n) is 1.79. The van der Waals surface area contributed by atoms with E-state index in [4.69, 9.17) is 10.6 Å². The molecule has 0 fully saturated rings. The molecular formula is C12H11BrFN7O5S. The Morgan fingerprint density at radius 1 is 1.44 bits per heavy atom. The van der Waals surface area contributed by atoms with Crippen LogP contribution in [0.2, 0.25) is 0 Å². The first-order valence-electron chi connectivity index (χ1n) is 8.73. The highest BCUT2D eigenvalue weighted by molar-refractivity contribution is 9.10. The van der Waals surface area contributed by atoms with Gasteiger partial charge in [-0.1, -0.05) is 5.16 Å². The lowest BCUT2D eigenvalue weighted by molar-refractivity contribution is 0.309. The van der Waals surface area contributed by atoms with E-state index in [-0.39, 0.29) is 10.2 Å². The Morgan fingerprint density at radius 2 is 2.22 bits per heavy atom. The van der Waals surface area contributed by atoms with Crippen LogP contribution < -0.4 is 20.9 Å². The number of nitrogens with one attached hydrogen (secondary N) is 2. The number of halogens is 2. The minimum Gasteiger partial charge on any atom is -0.364 e. The zero-order valence-electron chi connectivity index (χ0n) is 16.9. The minimum absolute atomic E-state index is 0.334. The van der Waals surface area contributed by atoms with Crippen LogP contribution in [0.3, 0.4) is 0 Å². The van der Waals surface area contributed by atoms with E-state index < -0.39 is 64.2 Å². The fourth-order valence-corrected chi connectivity index (χ4v) is 2.37. The van der Waals surface area contributed by atoms with Gasteiger partial charge in [-0.15, -0.1) is 0 Å². The highest BCUT2D eigenvalue weighted by atomic mass is 79.9. The van der Waals surface area contributed by atoms with Gasteiger partial charge in [-0.05, 0) is 44.4 Å². The minimum atomic E-state index is -4.19. The average Bonchev–Trinajstić information content (AvgIpc) is 3.24. The van der Waals surface area contributed by atoms with Gasteiger partial charge in [0.1, 0.15) is 5.82 Å². The smallest absolute Gasteiger partial charge is 0.364 e. The van der Waals surface area contributed by atoms with Gasteiger partial charge < -0.3 is 5.32 Å². The third kappa shape index (κ3) is 4.38. The second kappa shape index (κ2) is 7.55. The molecule has 0 amide bonds. The van der Waals surface area contributed by atoms with Crippen LogP contribution in [-0.2, 0) is 10.2 Å². The molecule has 4 N–H and O–H groups in total. The quantitative estimate of drug-likeness (QED) is 0.431. The Morgan fingerprint density at radius 3 is 2.96 bits per heavy atom. The van der Waals surface area contributed by atoms with Crippen LogP contribution in [-0.4, -0.2) is 41.5 Å². The van der Waals surface area contributed by atoms with Gasteiger partial charge in [0.2, 0.25) is 11.6 Å². The summed E-state index contributed by atoms with van der Waals surface area (Å²) in [6, 6.07) is -0.385. The molecule has 0 unspecified atom stereocenters. The first kappa shape index (κ1) is 14.4. The van der Waals surface area contributed by atoms with Gasteiger partial charge in [-0.2, -0.15) is 8.42 Å². The topological polar surface area (TPSA) is 171 Å². The number of hydrogen-bond acceptors (Lipinski definition) is 9. The number of aromatic nitrogens is 4. The summed E-state index contributed by atoms with van der Waals surface area (Å²) in [7, 11) is -4.19. The summed E-state index contributed by atoms with van der Waals surface area (Å²) in [6.07, 6.45) is 0. The maximum absolute atomic E-state index is 13.8. The Bertz CT molecular complexity index is 1310. The number of rotatable bonds is 7. The zero-order valence-corrected chi connectivity index (χ0v) is 15.3. The van der Waals surface area contributed by atoms with Gasteiger partial charge in [0.15, 0.2) is 5.69 Å². The molecule has 15 heteroatoms. The SMILES string of the molecule is [2H]c1cc(F)c(Br)c([2H])c1-n1c(-c2nonc2NC([2H])([2H])CNS(N)(=O)=O)noc1=O. The largest absolute Gasteiger partial charge is 0.446 e. The monoisotopic (exact) mass is 467 g/mol. The summed E-state index contributed by atoms with van der Waals surface area (Å²) in [5.74, 6) is -2.96. The number of anilines is 1. The predicted molar refractivity (Wildman–Crippen MR) is 92.6 cm³/mol. The van der Waals surface area contributed by atoms with Crippen LogP contribution >= 0.6 is 15.9 Å². The van der Waals surface area contributed by atoms with E-state index in [1.54, 1.807) is 4.72 Å². The van der Waals surface area contributed by atoms with Crippen LogP contribution in [0.5, 0.6) is 0 Å². The second-order valence-electron chi connectivity index (χ2n) is 4.66. The van der Waals surface area contributed by atoms with E-state index in [2.05, 4.69) is 45.9 Å². The summed E-state index contributed by atoms with van der Waals surface area (Å²) in [4.78, 5) is 12.2. The van der Waals surface area contributed by atoms with Crippen molar-refractivity contribution in [1.29, 1.82) is 0 Å². The maximum atomic E-state index is 13.8. The number of nitrogens with two attached hydrogens (primary N) is 1. The molecule has 144 valence electrons. The van der Waals surface area contributed by atoms with Crippen molar-refractivity contribution in [2.75, 3.05) is 18.4 Å². The molecule has 0 radical (unpaired) electrons. The number of hydrogen-bond donors (Lipinski definition) is 3. The van der Waals surface area contributed by atoms with Crippen molar-refractivity contribution in [2.45, 2.75) is 0 Å². The molecule has 0 aliphatic heterocycles. The molecule has 0 spiro atoms. The van der Waals surface area contributed by atoms with Crippen molar-refractivity contribution in [1.82, 2.24) is 24.8 Å². The van der Waals surface area contributed by atoms with Gasteiger partial charge in [0.05, 0.1) is 15.6 Å². The molecule has 0 atom stereocenters.